The molecule has 2 amide bonds. The van der Waals surface area contributed by atoms with E-state index in [-0.39, 0.29) is 6.03 Å². The molecule has 0 bridgehead atoms. The summed E-state index contributed by atoms with van der Waals surface area (Å²) in [5.74, 6) is 1.53. The van der Waals surface area contributed by atoms with Gasteiger partial charge in [0.25, 0.3) is 0 Å². The maximum Gasteiger partial charge on any atom is 0.319 e. The number of hydrogen-bond donors (Lipinski definition) is 2. The van der Waals surface area contributed by atoms with Gasteiger partial charge in [0.2, 0.25) is 0 Å². The summed E-state index contributed by atoms with van der Waals surface area (Å²) in [5.41, 5.74) is 0.523. The molecule has 1 saturated carbocycles. The van der Waals surface area contributed by atoms with Gasteiger partial charge in [0.05, 0.1) is 24.9 Å². The van der Waals surface area contributed by atoms with Crippen molar-refractivity contribution < 1.29 is 14.3 Å². The largest absolute Gasteiger partial charge is 0.495 e. The zero-order valence-corrected chi connectivity index (χ0v) is 16.3. The van der Waals surface area contributed by atoms with Gasteiger partial charge in [0, 0.05) is 25.2 Å². The Morgan fingerprint density at radius 2 is 1.92 bits per heavy atom. The summed E-state index contributed by atoms with van der Waals surface area (Å²) in [6.07, 6.45) is 6.53. The smallest absolute Gasteiger partial charge is 0.319 e. The summed E-state index contributed by atoms with van der Waals surface area (Å²) >= 11 is 6.14. The minimum atomic E-state index is -0.246. The molecule has 1 aliphatic carbocycles. The van der Waals surface area contributed by atoms with Crippen LogP contribution in [0.15, 0.2) is 12.1 Å². The van der Waals surface area contributed by atoms with Crippen LogP contribution in [0.5, 0.6) is 11.5 Å². The molecule has 1 atom stereocenters. The van der Waals surface area contributed by atoms with Gasteiger partial charge in [0.15, 0.2) is 0 Å². The first-order chi connectivity index (χ1) is 12.6. The molecule has 1 heterocycles. The summed E-state index contributed by atoms with van der Waals surface area (Å²) < 4.78 is 10.5. The number of carbonyl (C=O) groups is 1. The van der Waals surface area contributed by atoms with E-state index in [9.17, 15) is 4.79 Å². The molecule has 1 aromatic rings. The summed E-state index contributed by atoms with van der Waals surface area (Å²) in [6.45, 7) is 2.92. The van der Waals surface area contributed by atoms with Gasteiger partial charge < -0.3 is 25.0 Å². The lowest BCUT2D eigenvalue weighted by Crippen LogP contribution is -2.35. The fourth-order valence-corrected chi connectivity index (χ4v) is 4.23. The van der Waals surface area contributed by atoms with Crippen LogP contribution in [-0.4, -0.2) is 50.8 Å². The van der Waals surface area contributed by atoms with Crippen LogP contribution < -0.4 is 20.1 Å². The highest BCUT2D eigenvalue weighted by atomic mass is 35.5. The summed E-state index contributed by atoms with van der Waals surface area (Å²) in [5, 5.41) is 6.21. The third-order valence-electron chi connectivity index (χ3n) is 5.43. The number of amides is 2. The maximum absolute atomic E-state index is 12.3. The van der Waals surface area contributed by atoms with Crippen LogP contribution in [0.4, 0.5) is 10.5 Å². The predicted molar refractivity (Wildman–Crippen MR) is 104 cm³/mol. The van der Waals surface area contributed by atoms with E-state index in [1.165, 1.54) is 32.8 Å². The molecule has 0 spiro atoms. The van der Waals surface area contributed by atoms with E-state index in [1.807, 2.05) is 0 Å². The standard InChI is InChI=1S/C19H28ClN3O3/c1-25-17-10-18(26-2)16(9-15(17)20)22-19(24)21-11-13-7-8-23(12-13)14-5-3-4-6-14/h9-10,13-14H,3-8,11-12H2,1-2H3,(H2,21,22,24)/t13-/m0/s1. The van der Waals surface area contributed by atoms with Crippen molar-refractivity contribution in [2.75, 3.05) is 39.2 Å². The van der Waals surface area contributed by atoms with Crippen molar-refractivity contribution in [1.82, 2.24) is 10.2 Å². The third-order valence-corrected chi connectivity index (χ3v) is 5.73. The normalized spacial score (nSPS) is 21.0. The monoisotopic (exact) mass is 381 g/mol. The molecule has 3 rings (SSSR count). The zero-order valence-electron chi connectivity index (χ0n) is 15.5. The first-order valence-corrected chi connectivity index (χ1v) is 9.69. The van der Waals surface area contributed by atoms with E-state index in [2.05, 4.69) is 15.5 Å². The van der Waals surface area contributed by atoms with Gasteiger partial charge in [-0.25, -0.2) is 4.79 Å². The van der Waals surface area contributed by atoms with Gasteiger partial charge in [0.1, 0.15) is 11.5 Å². The average molecular weight is 382 g/mol. The molecular formula is C19H28ClN3O3. The van der Waals surface area contributed by atoms with Crippen LogP contribution in [0.2, 0.25) is 5.02 Å². The van der Waals surface area contributed by atoms with Crippen molar-refractivity contribution in [2.45, 2.75) is 38.1 Å². The van der Waals surface area contributed by atoms with Crippen LogP contribution in [0.3, 0.4) is 0 Å². The minimum Gasteiger partial charge on any atom is -0.495 e. The Labute approximate surface area is 160 Å². The molecule has 0 radical (unpaired) electrons. The lowest BCUT2D eigenvalue weighted by Gasteiger charge is -2.23. The Kier molecular flexibility index (Phi) is 6.48. The average Bonchev–Trinajstić information content (AvgIpc) is 3.31. The maximum atomic E-state index is 12.3. The van der Waals surface area contributed by atoms with Crippen LogP contribution >= 0.6 is 11.6 Å². The highest BCUT2D eigenvalue weighted by Crippen LogP contribution is 2.35. The lowest BCUT2D eigenvalue weighted by molar-refractivity contribution is 0.234. The van der Waals surface area contributed by atoms with E-state index in [4.69, 9.17) is 21.1 Å². The first kappa shape index (κ1) is 19.1. The number of anilines is 1. The Morgan fingerprint density at radius 1 is 1.19 bits per heavy atom. The molecule has 0 aromatic heterocycles. The first-order valence-electron chi connectivity index (χ1n) is 9.31. The summed E-state index contributed by atoms with van der Waals surface area (Å²) in [6, 6.07) is 3.81. The fraction of sp³-hybridized carbons (Fsp3) is 0.632. The minimum absolute atomic E-state index is 0.246. The number of likely N-dealkylation sites (tertiary alicyclic amines) is 1. The zero-order chi connectivity index (χ0) is 18.5. The van der Waals surface area contributed by atoms with Crippen molar-refractivity contribution in [3.05, 3.63) is 17.2 Å². The number of halogens is 1. The predicted octanol–water partition coefficient (Wildman–Crippen LogP) is 3.74. The van der Waals surface area contributed by atoms with Crippen molar-refractivity contribution in [3.8, 4) is 11.5 Å². The number of urea groups is 1. The second kappa shape index (κ2) is 8.82. The SMILES string of the molecule is COc1cc(OC)c(NC(=O)NC[C@@H]2CCN(C3CCCC3)C2)cc1Cl. The van der Waals surface area contributed by atoms with Crippen molar-refractivity contribution in [2.24, 2.45) is 5.92 Å². The Balaban J connectivity index is 1.49. The lowest BCUT2D eigenvalue weighted by atomic mass is 10.1. The van der Waals surface area contributed by atoms with Gasteiger partial charge in [-0.15, -0.1) is 0 Å². The van der Waals surface area contributed by atoms with Crippen LogP contribution in [0, 0.1) is 5.92 Å². The molecule has 0 unspecified atom stereocenters. The molecule has 26 heavy (non-hydrogen) atoms. The molecule has 2 fully saturated rings. The summed E-state index contributed by atoms with van der Waals surface area (Å²) in [4.78, 5) is 14.9. The number of nitrogens with zero attached hydrogens (tertiary/aromatic N) is 1. The molecule has 7 heteroatoms. The number of methoxy groups -OCH3 is 2. The van der Waals surface area contributed by atoms with Gasteiger partial charge in [-0.1, -0.05) is 24.4 Å². The van der Waals surface area contributed by atoms with Crippen molar-refractivity contribution >= 4 is 23.3 Å². The summed E-state index contributed by atoms with van der Waals surface area (Å²) in [7, 11) is 3.08. The molecule has 1 saturated heterocycles. The molecule has 2 N–H and O–H groups in total. The number of nitrogens with one attached hydrogen (secondary N) is 2. The molecule has 1 aliphatic heterocycles. The quantitative estimate of drug-likeness (QED) is 0.787. The van der Waals surface area contributed by atoms with E-state index >= 15 is 0 Å². The van der Waals surface area contributed by atoms with Crippen molar-refractivity contribution in [3.63, 3.8) is 0 Å². The highest BCUT2D eigenvalue weighted by molar-refractivity contribution is 6.32. The Hall–Kier alpha value is -1.66. The molecule has 2 aliphatic rings. The van der Waals surface area contributed by atoms with E-state index in [0.717, 1.165) is 25.6 Å². The van der Waals surface area contributed by atoms with Gasteiger partial charge in [-0.2, -0.15) is 0 Å². The van der Waals surface area contributed by atoms with Gasteiger partial charge >= 0.3 is 6.03 Å². The molecule has 6 nitrogen and oxygen atoms in total. The topological polar surface area (TPSA) is 62.8 Å². The van der Waals surface area contributed by atoms with E-state index in [0.29, 0.717) is 34.7 Å². The van der Waals surface area contributed by atoms with Crippen molar-refractivity contribution in [1.29, 1.82) is 0 Å². The van der Waals surface area contributed by atoms with Gasteiger partial charge in [-0.3, -0.25) is 0 Å². The fourth-order valence-electron chi connectivity index (χ4n) is 3.99. The van der Waals surface area contributed by atoms with Crippen LogP contribution in [-0.2, 0) is 0 Å². The van der Waals surface area contributed by atoms with Crippen LogP contribution in [0.25, 0.3) is 0 Å². The molecule has 144 valence electrons. The molecule has 1 aromatic carbocycles. The number of carbonyl (C=O) groups excluding carboxylic acids is 1. The van der Waals surface area contributed by atoms with E-state index < -0.39 is 0 Å². The number of rotatable bonds is 6. The second-order valence-electron chi connectivity index (χ2n) is 7.11. The Bertz CT molecular complexity index is 635. The van der Waals surface area contributed by atoms with Gasteiger partial charge in [-0.05, 0) is 37.8 Å². The second-order valence-corrected chi connectivity index (χ2v) is 7.52. The van der Waals surface area contributed by atoms with E-state index in [1.54, 1.807) is 19.2 Å². The Morgan fingerprint density at radius 3 is 2.62 bits per heavy atom. The highest BCUT2D eigenvalue weighted by Gasteiger charge is 2.29. The van der Waals surface area contributed by atoms with Crippen LogP contribution in [0.1, 0.15) is 32.1 Å². The number of ether oxygens (including phenoxy) is 2. The third kappa shape index (κ3) is 4.54. The number of benzene rings is 1. The number of hydrogen-bond acceptors (Lipinski definition) is 4. The molecular weight excluding hydrogens is 354 g/mol.